The van der Waals surface area contributed by atoms with Gasteiger partial charge < -0.3 is 14.6 Å². The number of ether oxygens (including phenoxy) is 2. The van der Waals surface area contributed by atoms with Crippen molar-refractivity contribution < 1.29 is 19.4 Å². The topological polar surface area (TPSA) is 55.8 Å². The van der Waals surface area contributed by atoms with Crippen molar-refractivity contribution in [2.75, 3.05) is 6.61 Å². The van der Waals surface area contributed by atoms with E-state index in [0.29, 0.717) is 0 Å². The van der Waals surface area contributed by atoms with Crippen LogP contribution in [0.5, 0.6) is 0 Å². The summed E-state index contributed by atoms with van der Waals surface area (Å²) in [7, 11) is 0. The number of carbonyl (C=O) groups is 1. The Labute approximate surface area is 171 Å². The van der Waals surface area contributed by atoms with Gasteiger partial charge in [-0.1, -0.05) is 45.4 Å². The zero-order chi connectivity index (χ0) is 21.5. The van der Waals surface area contributed by atoms with Gasteiger partial charge in [-0.3, -0.25) is 4.79 Å². The zero-order valence-corrected chi connectivity index (χ0v) is 18.9. The van der Waals surface area contributed by atoms with Crippen LogP contribution in [0.4, 0.5) is 0 Å². The van der Waals surface area contributed by atoms with Gasteiger partial charge in [-0.25, -0.2) is 0 Å². The van der Waals surface area contributed by atoms with Gasteiger partial charge in [0, 0.05) is 19.3 Å². The molecule has 4 nitrogen and oxygen atoms in total. The van der Waals surface area contributed by atoms with Crippen LogP contribution in [-0.2, 0) is 14.3 Å². The fourth-order valence-electron chi connectivity index (χ4n) is 6.83. The minimum absolute atomic E-state index is 0.0316. The maximum absolute atomic E-state index is 11.3. The first-order chi connectivity index (χ1) is 12.7. The first kappa shape index (κ1) is 23.2. The Bertz CT molecular complexity index is 635. The van der Waals surface area contributed by atoms with E-state index in [-0.39, 0.29) is 35.2 Å². The minimum Gasteiger partial charge on any atom is -0.463 e. The number of esters is 1. The molecule has 2 fully saturated rings. The molecule has 0 aromatic heterocycles. The van der Waals surface area contributed by atoms with Crippen LogP contribution >= 0.6 is 0 Å². The predicted octanol–water partition coefficient (Wildman–Crippen LogP) is 5.06. The van der Waals surface area contributed by atoms with Gasteiger partial charge in [-0.15, -0.1) is 6.58 Å². The lowest BCUT2D eigenvalue weighted by Crippen LogP contribution is -2.61. The van der Waals surface area contributed by atoms with E-state index in [1.807, 2.05) is 6.08 Å². The van der Waals surface area contributed by atoms with Crippen molar-refractivity contribution >= 4 is 5.97 Å². The third-order valence-corrected chi connectivity index (χ3v) is 7.20. The van der Waals surface area contributed by atoms with Crippen molar-refractivity contribution in [2.24, 2.45) is 22.7 Å². The number of aliphatic hydroxyl groups excluding tert-OH is 1. The molecule has 160 valence electrons. The summed E-state index contributed by atoms with van der Waals surface area (Å²) in [6.45, 7) is 22.9. The molecule has 0 aromatic rings. The summed E-state index contributed by atoms with van der Waals surface area (Å²) in [6.07, 6.45) is 5.00. The molecule has 5 atom stereocenters. The lowest BCUT2D eigenvalue weighted by molar-refractivity contribution is -0.210. The molecule has 1 saturated heterocycles. The van der Waals surface area contributed by atoms with Crippen LogP contribution in [0.15, 0.2) is 24.8 Å². The first-order valence-corrected chi connectivity index (χ1v) is 10.5. The molecule has 1 aliphatic heterocycles. The molecule has 0 spiro atoms. The highest BCUT2D eigenvalue weighted by Gasteiger charge is 2.59. The lowest BCUT2D eigenvalue weighted by Gasteiger charge is -2.61. The summed E-state index contributed by atoms with van der Waals surface area (Å²) < 4.78 is 11.8. The Morgan fingerprint density at radius 3 is 2.39 bits per heavy atom. The summed E-state index contributed by atoms with van der Waals surface area (Å²) in [5.74, 6) is -0.308. The Kier molecular flexibility index (Phi) is 6.29. The number of carbonyl (C=O) groups excluding carboxylic acids is 1. The van der Waals surface area contributed by atoms with E-state index in [9.17, 15) is 9.90 Å². The van der Waals surface area contributed by atoms with Gasteiger partial charge >= 0.3 is 5.97 Å². The molecule has 5 unspecified atom stereocenters. The van der Waals surface area contributed by atoms with Crippen molar-refractivity contribution in [3.8, 4) is 0 Å². The monoisotopic (exact) mass is 392 g/mol. The molecule has 0 amide bonds. The van der Waals surface area contributed by atoms with Crippen LogP contribution in [-0.4, -0.2) is 35.0 Å². The highest BCUT2D eigenvalue weighted by atomic mass is 16.5. The quantitative estimate of drug-likeness (QED) is 0.525. The Morgan fingerprint density at radius 1 is 1.29 bits per heavy atom. The van der Waals surface area contributed by atoms with E-state index in [0.717, 1.165) is 31.3 Å². The molecule has 4 heteroatoms. The molecule has 2 aliphatic rings. The Balaban J connectivity index is 2.47. The van der Waals surface area contributed by atoms with Gasteiger partial charge in [-0.2, -0.15) is 0 Å². The van der Waals surface area contributed by atoms with E-state index in [1.54, 1.807) is 0 Å². The van der Waals surface area contributed by atoms with Crippen LogP contribution < -0.4 is 0 Å². The van der Waals surface area contributed by atoms with Gasteiger partial charge in [0.15, 0.2) is 0 Å². The summed E-state index contributed by atoms with van der Waals surface area (Å²) in [5.41, 5.74) is -0.0147. The normalized spacial score (nSPS) is 38.5. The maximum atomic E-state index is 11.3. The van der Waals surface area contributed by atoms with Crippen LogP contribution in [0.1, 0.15) is 74.1 Å². The number of hydrogen-bond acceptors (Lipinski definition) is 4. The molecule has 1 N–H and O–H groups in total. The standard InChI is InChI=1S/C24H40O4/c1-10-23(8)14-16(2)19(22(6,7)28-23)24(9)13-11-12-21(4,5)20(24)18(26)15-27-17(3)25/h10,18-20,26H,1-2,11-15H2,3-9H3. The molecule has 1 saturated carbocycles. The van der Waals surface area contributed by atoms with Crippen LogP contribution in [0.2, 0.25) is 0 Å². The lowest BCUT2D eigenvalue weighted by atomic mass is 9.47. The molecular formula is C24H40O4. The number of aliphatic hydroxyl groups is 1. The molecule has 28 heavy (non-hydrogen) atoms. The second kappa shape index (κ2) is 7.60. The molecular weight excluding hydrogens is 352 g/mol. The minimum atomic E-state index is -0.722. The van der Waals surface area contributed by atoms with Gasteiger partial charge in [0.25, 0.3) is 0 Å². The van der Waals surface area contributed by atoms with Gasteiger partial charge in [0.1, 0.15) is 6.61 Å². The van der Waals surface area contributed by atoms with Crippen molar-refractivity contribution in [1.82, 2.24) is 0 Å². The van der Waals surface area contributed by atoms with Gasteiger partial charge in [0.05, 0.1) is 17.3 Å². The Morgan fingerprint density at radius 2 is 1.89 bits per heavy atom. The second-order valence-electron chi connectivity index (χ2n) is 10.7. The number of rotatable bonds is 5. The zero-order valence-electron chi connectivity index (χ0n) is 18.9. The smallest absolute Gasteiger partial charge is 0.302 e. The van der Waals surface area contributed by atoms with Gasteiger partial charge in [0.2, 0.25) is 0 Å². The molecule has 2 rings (SSSR count). The van der Waals surface area contributed by atoms with Crippen LogP contribution in [0.25, 0.3) is 0 Å². The highest BCUT2D eigenvalue weighted by Crippen LogP contribution is 2.62. The van der Waals surface area contributed by atoms with Gasteiger partial charge in [-0.05, 0) is 50.4 Å². The highest BCUT2D eigenvalue weighted by molar-refractivity contribution is 5.65. The van der Waals surface area contributed by atoms with Crippen molar-refractivity contribution in [2.45, 2.75) is 91.5 Å². The van der Waals surface area contributed by atoms with E-state index in [2.05, 4.69) is 54.7 Å². The second-order valence-corrected chi connectivity index (χ2v) is 10.7. The summed E-state index contributed by atoms with van der Waals surface area (Å²) in [4.78, 5) is 11.3. The third kappa shape index (κ3) is 4.23. The third-order valence-electron chi connectivity index (χ3n) is 7.20. The molecule has 1 heterocycles. The average Bonchev–Trinajstić information content (AvgIpc) is 2.49. The average molecular weight is 393 g/mol. The van der Waals surface area contributed by atoms with E-state index >= 15 is 0 Å². The summed E-state index contributed by atoms with van der Waals surface area (Å²) in [5, 5.41) is 11.2. The summed E-state index contributed by atoms with van der Waals surface area (Å²) >= 11 is 0. The number of hydrogen-bond donors (Lipinski definition) is 1. The predicted molar refractivity (Wildman–Crippen MR) is 113 cm³/mol. The van der Waals surface area contributed by atoms with E-state index in [4.69, 9.17) is 9.47 Å². The fourth-order valence-corrected chi connectivity index (χ4v) is 6.83. The van der Waals surface area contributed by atoms with Crippen molar-refractivity contribution in [1.29, 1.82) is 0 Å². The molecule has 1 aliphatic carbocycles. The van der Waals surface area contributed by atoms with E-state index < -0.39 is 17.3 Å². The fraction of sp³-hybridized carbons (Fsp3) is 0.792. The molecule has 0 aromatic carbocycles. The van der Waals surface area contributed by atoms with Crippen LogP contribution in [0, 0.1) is 22.7 Å². The van der Waals surface area contributed by atoms with Crippen LogP contribution in [0.3, 0.4) is 0 Å². The summed E-state index contributed by atoms with van der Waals surface area (Å²) in [6, 6.07) is 0. The largest absolute Gasteiger partial charge is 0.463 e. The SMILES string of the molecule is C=CC1(C)CC(=C)C(C2(C)CCCC(C)(C)C2C(O)COC(C)=O)C(C)(C)O1. The molecule has 0 bridgehead atoms. The van der Waals surface area contributed by atoms with E-state index in [1.165, 1.54) is 6.92 Å². The maximum Gasteiger partial charge on any atom is 0.302 e. The van der Waals surface area contributed by atoms with Crippen molar-refractivity contribution in [3.63, 3.8) is 0 Å². The van der Waals surface area contributed by atoms with Crippen molar-refractivity contribution in [3.05, 3.63) is 24.8 Å². The Hall–Kier alpha value is -1.13. The first-order valence-electron chi connectivity index (χ1n) is 10.5. The molecule has 0 radical (unpaired) electrons.